The van der Waals surface area contributed by atoms with Crippen molar-refractivity contribution in [2.45, 2.75) is 42.9 Å². The third-order valence-corrected chi connectivity index (χ3v) is 5.59. The van der Waals surface area contributed by atoms with Crippen molar-refractivity contribution in [1.82, 2.24) is 4.72 Å². The summed E-state index contributed by atoms with van der Waals surface area (Å²) >= 11 is 0. The molecule has 6 nitrogen and oxygen atoms in total. The number of hydrogen-bond donors (Lipinski definition) is 1. The number of amides is 1. The van der Waals surface area contributed by atoms with E-state index in [0.717, 1.165) is 25.2 Å². The molecule has 0 spiro atoms. The van der Waals surface area contributed by atoms with E-state index in [2.05, 4.69) is 0 Å². The smallest absolute Gasteiger partial charge is 0.264 e. The van der Waals surface area contributed by atoms with E-state index in [9.17, 15) is 21.6 Å². The van der Waals surface area contributed by atoms with E-state index in [-0.39, 0.29) is 22.1 Å². The SMILES string of the molecule is CCC[C@@H](C)CC(=O)NS(=O)(=O)c1cccc(S(C)(=O)=O)c1. The molecule has 0 aliphatic carbocycles. The number of benzene rings is 1. The lowest BCUT2D eigenvalue weighted by Gasteiger charge is -2.11. The van der Waals surface area contributed by atoms with E-state index >= 15 is 0 Å². The van der Waals surface area contributed by atoms with Crippen molar-refractivity contribution >= 4 is 25.8 Å². The minimum atomic E-state index is -4.07. The Bertz CT molecular complexity index is 738. The summed E-state index contributed by atoms with van der Waals surface area (Å²) in [7, 11) is -7.58. The molecule has 0 fully saturated rings. The van der Waals surface area contributed by atoms with Crippen LogP contribution in [0.2, 0.25) is 0 Å². The van der Waals surface area contributed by atoms with Crippen molar-refractivity contribution in [3.63, 3.8) is 0 Å². The third-order valence-electron chi connectivity index (χ3n) is 3.11. The molecule has 1 aromatic carbocycles. The molecule has 0 aliphatic rings. The van der Waals surface area contributed by atoms with Crippen LogP contribution < -0.4 is 4.72 Å². The highest BCUT2D eigenvalue weighted by molar-refractivity contribution is 7.91. The molecule has 0 heterocycles. The highest BCUT2D eigenvalue weighted by atomic mass is 32.2. The zero-order valence-electron chi connectivity index (χ0n) is 12.9. The number of carbonyl (C=O) groups is 1. The largest absolute Gasteiger partial charge is 0.274 e. The molecule has 8 heteroatoms. The monoisotopic (exact) mass is 347 g/mol. The van der Waals surface area contributed by atoms with Crippen molar-refractivity contribution in [3.05, 3.63) is 24.3 Å². The van der Waals surface area contributed by atoms with Gasteiger partial charge in [-0.2, -0.15) is 0 Å². The van der Waals surface area contributed by atoms with Crippen LogP contribution in [0.1, 0.15) is 33.1 Å². The molecule has 0 saturated heterocycles. The summed E-state index contributed by atoms with van der Waals surface area (Å²) in [5, 5.41) is 0. The summed E-state index contributed by atoms with van der Waals surface area (Å²) in [5.74, 6) is -0.506. The Labute approximate surface area is 131 Å². The predicted molar refractivity (Wildman–Crippen MR) is 83.6 cm³/mol. The first-order valence-electron chi connectivity index (χ1n) is 6.92. The lowest BCUT2D eigenvalue weighted by atomic mass is 10.0. The van der Waals surface area contributed by atoms with Crippen LogP contribution >= 0.6 is 0 Å². The normalized spacial score (nSPS) is 13.6. The minimum Gasteiger partial charge on any atom is -0.274 e. The highest BCUT2D eigenvalue weighted by Crippen LogP contribution is 2.16. The van der Waals surface area contributed by atoms with E-state index in [0.29, 0.717) is 0 Å². The van der Waals surface area contributed by atoms with Crippen LogP contribution in [0.4, 0.5) is 0 Å². The molecule has 22 heavy (non-hydrogen) atoms. The number of sulfonamides is 1. The van der Waals surface area contributed by atoms with E-state index in [1.54, 1.807) is 0 Å². The van der Waals surface area contributed by atoms with E-state index in [4.69, 9.17) is 0 Å². The molecule has 0 aromatic heterocycles. The molecule has 0 unspecified atom stereocenters. The third kappa shape index (κ3) is 5.42. The minimum absolute atomic E-state index is 0.0857. The molecule has 1 amide bonds. The predicted octanol–water partition coefficient (Wildman–Crippen LogP) is 1.72. The van der Waals surface area contributed by atoms with Crippen LogP contribution in [-0.4, -0.2) is 29.0 Å². The number of hydrogen-bond acceptors (Lipinski definition) is 5. The fourth-order valence-electron chi connectivity index (χ4n) is 2.03. The van der Waals surface area contributed by atoms with Crippen LogP contribution in [0.5, 0.6) is 0 Å². The zero-order valence-corrected chi connectivity index (χ0v) is 14.5. The molecule has 0 radical (unpaired) electrons. The van der Waals surface area contributed by atoms with Crippen LogP contribution in [0.25, 0.3) is 0 Å². The maximum absolute atomic E-state index is 12.1. The van der Waals surface area contributed by atoms with Crippen molar-refractivity contribution in [3.8, 4) is 0 Å². The second-order valence-corrected chi connectivity index (χ2v) is 9.07. The van der Waals surface area contributed by atoms with Gasteiger partial charge in [-0.15, -0.1) is 0 Å². The van der Waals surface area contributed by atoms with E-state index in [1.165, 1.54) is 18.2 Å². The Balaban J connectivity index is 2.94. The van der Waals surface area contributed by atoms with Gasteiger partial charge in [0, 0.05) is 12.7 Å². The van der Waals surface area contributed by atoms with Gasteiger partial charge in [0.1, 0.15) is 0 Å². The van der Waals surface area contributed by atoms with E-state index < -0.39 is 25.8 Å². The molecule has 1 atom stereocenters. The maximum atomic E-state index is 12.1. The number of sulfone groups is 1. The molecule has 124 valence electrons. The summed E-state index contributed by atoms with van der Waals surface area (Å²) < 4.78 is 49.2. The Morgan fingerprint density at radius 2 is 1.77 bits per heavy atom. The molecule has 1 aromatic rings. The molecular formula is C14H21NO5S2. The Kier molecular flexibility index (Phi) is 6.13. The summed E-state index contributed by atoms with van der Waals surface area (Å²) in [6.45, 7) is 3.86. The summed E-state index contributed by atoms with van der Waals surface area (Å²) in [5.41, 5.74) is 0. The van der Waals surface area contributed by atoms with Crippen LogP contribution in [0.15, 0.2) is 34.1 Å². The lowest BCUT2D eigenvalue weighted by Crippen LogP contribution is -2.31. The van der Waals surface area contributed by atoms with Gasteiger partial charge in [0.15, 0.2) is 9.84 Å². The van der Waals surface area contributed by atoms with Gasteiger partial charge in [-0.05, 0) is 24.1 Å². The highest BCUT2D eigenvalue weighted by Gasteiger charge is 2.20. The topological polar surface area (TPSA) is 97.4 Å². The fraction of sp³-hybridized carbons (Fsp3) is 0.500. The van der Waals surface area contributed by atoms with Crippen LogP contribution in [-0.2, 0) is 24.7 Å². The van der Waals surface area contributed by atoms with Gasteiger partial charge in [0.05, 0.1) is 9.79 Å². The van der Waals surface area contributed by atoms with Gasteiger partial charge in [-0.1, -0.05) is 32.8 Å². The van der Waals surface area contributed by atoms with Crippen molar-refractivity contribution < 1.29 is 21.6 Å². The average molecular weight is 347 g/mol. The first-order valence-corrected chi connectivity index (χ1v) is 10.3. The molecule has 0 aliphatic heterocycles. The quantitative estimate of drug-likeness (QED) is 0.810. The van der Waals surface area contributed by atoms with Gasteiger partial charge in [0.25, 0.3) is 10.0 Å². The Hall–Kier alpha value is -1.41. The van der Waals surface area contributed by atoms with Gasteiger partial charge >= 0.3 is 0 Å². The number of rotatable bonds is 7. The molecule has 0 saturated carbocycles. The molecular weight excluding hydrogens is 326 g/mol. The van der Waals surface area contributed by atoms with Gasteiger partial charge < -0.3 is 0 Å². The second kappa shape index (κ2) is 7.23. The molecule has 1 rings (SSSR count). The summed E-state index contributed by atoms with van der Waals surface area (Å²) in [6, 6.07) is 4.93. The van der Waals surface area contributed by atoms with Gasteiger partial charge in [0.2, 0.25) is 5.91 Å². The van der Waals surface area contributed by atoms with Crippen LogP contribution in [0.3, 0.4) is 0 Å². The summed E-state index contributed by atoms with van der Waals surface area (Å²) in [6.07, 6.45) is 2.84. The van der Waals surface area contributed by atoms with Crippen molar-refractivity contribution in [2.75, 3.05) is 6.26 Å². The Morgan fingerprint density at radius 1 is 1.18 bits per heavy atom. The first-order chi connectivity index (χ1) is 10.1. The molecule has 0 bridgehead atoms. The maximum Gasteiger partial charge on any atom is 0.264 e. The molecule has 1 N–H and O–H groups in total. The first kappa shape index (κ1) is 18.6. The standard InChI is InChI=1S/C14H21NO5S2/c1-4-6-11(2)9-14(16)15-22(19,20)13-8-5-7-12(10-13)21(3,17)18/h5,7-8,10-11H,4,6,9H2,1-3H3,(H,15,16)/t11-/m1/s1. The lowest BCUT2D eigenvalue weighted by molar-refractivity contribution is -0.120. The zero-order chi connectivity index (χ0) is 17.0. The van der Waals surface area contributed by atoms with Crippen molar-refractivity contribution in [2.24, 2.45) is 5.92 Å². The van der Waals surface area contributed by atoms with Gasteiger partial charge in [-0.3, -0.25) is 4.79 Å². The van der Waals surface area contributed by atoms with Crippen LogP contribution in [0, 0.1) is 5.92 Å². The van der Waals surface area contributed by atoms with Gasteiger partial charge in [-0.25, -0.2) is 21.6 Å². The fourth-order valence-corrected chi connectivity index (χ4v) is 3.82. The van der Waals surface area contributed by atoms with Crippen molar-refractivity contribution in [1.29, 1.82) is 0 Å². The number of nitrogens with one attached hydrogen (secondary N) is 1. The Morgan fingerprint density at radius 3 is 2.32 bits per heavy atom. The summed E-state index contributed by atoms with van der Waals surface area (Å²) in [4.78, 5) is 11.4. The second-order valence-electron chi connectivity index (χ2n) is 5.37. The van der Waals surface area contributed by atoms with E-state index in [1.807, 2.05) is 18.6 Å². The number of carbonyl (C=O) groups excluding carboxylic acids is 1. The average Bonchev–Trinajstić information content (AvgIpc) is 2.37.